The Morgan fingerprint density at radius 2 is 2.20 bits per heavy atom. The number of nitrogens with zero attached hydrogens (tertiary/aromatic N) is 2. The molecule has 0 bridgehead atoms. The van der Waals surface area contributed by atoms with Crippen LogP contribution in [0.3, 0.4) is 0 Å². The number of ether oxygens (including phenoxy) is 1. The number of hydrogen-bond donors (Lipinski definition) is 2. The molecule has 0 saturated heterocycles. The lowest BCUT2D eigenvalue weighted by molar-refractivity contribution is -0.121. The zero-order valence-corrected chi connectivity index (χ0v) is 15.2. The third-order valence-electron chi connectivity index (χ3n) is 3.61. The van der Waals surface area contributed by atoms with Gasteiger partial charge in [-0.3, -0.25) is 4.79 Å². The van der Waals surface area contributed by atoms with Gasteiger partial charge in [0.25, 0.3) is 0 Å². The van der Waals surface area contributed by atoms with Gasteiger partial charge >= 0.3 is 0 Å². The van der Waals surface area contributed by atoms with Gasteiger partial charge in [-0.25, -0.2) is 10.4 Å². The molecule has 1 aromatic heterocycles. The molecule has 0 aliphatic rings. The molecule has 0 saturated carbocycles. The maximum Gasteiger partial charge on any atom is 0.240 e. The molecule has 0 fully saturated rings. The molecule has 1 amide bonds. The van der Waals surface area contributed by atoms with Crippen molar-refractivity contribution in [3.63, 3.8) is 0 Å². The Kier molecular flexibility index (Phi) is 5.45. The molecule has 0 radical (unpaired) electrons. The zero-order valence-electron chi connectivity index (χ0n) is 13.6. The van der Waals surface area contributed by atoms with E-state index in [9.17, 15) is 4.79 Å². The van der Waals surface area contributed by atoms with Gasteiger partial charge in [-0.05, 0) is 51.8 Å². The molecule has 3 aromatic rings. The molecule has 0 unspecified atom stereocenters. The van der Waals surface area contributed by atoms with E-state index in [0.29, 0.717) is 12.8 Å². The SMILES string of the molecule is COc1ccc(/C=N\NC(=O)CCc2nc3ccccc3[nH]2)cc1Br. The van der Waals surface area contributed by atoms with Crippen LogP contribution in [0.5, 0.6) is 5.75 Å². The number of rotatable bonds is 6. The zero-order chi connectivity index (χ0) is 17.6. The summed E-state index contributed by atoms with van der Waals surface area (Å²) >= 11 is 3.41. The minimum Gasteiger partial charge on any atom is -0.496 e. The van der Waals surface area contributed by atoms with Gasteiger partial charge in [-0.2, -0.15) is 5.10 Å². The van der Waals surface area contributed by atoms with Gasteiger partial charge in [0, 0.05) is 12.8 Å². The van der Waals surface area contributed by atoms with Gasteiger partial charge in [-0.1, -0.05) is 12.1 Å². The fourth-order valence-electron chi connectivity index (χ4n) is 2.35. The van der Waals surface area contributed by atoms with Crippen LogP contribution >= 0.6 is 15.9 Å². The Hall–Kier alpha value is -2.67. The first kappa shape index (κ1) is 17.2. The van der Waals surface area contributed by atoms with Gasteiger partial charge in [-0.15, -0.1) is 0 Å². The lowest BCUT2D eigenvalue weighted by Crippen LogP contribution is -2.18. The fraction of sp³-hybridized carbons (Fsp3) is 0.167. The molecule has 2 N–H and O–H groups in total. The number of aryl methyl sites for hydroxylation is 1. The monoisotopic (exact) mass is 400 g/mol. The van der Waals surface area contributed by atoms with E-state index in [1.165, 1.54) is 0 Å². The lowest BCUT2D eigenvalue weighted by Gasteiger charge is -2.03. The highest BCUT2D eigenvalue weighted by atomic mass is 79.9. The number of fused-ring (bicyclic) bond motifs is 1. The number of hydrazone groups is 1. The summed E-state index contributed by atoms with van der Waals surface area (Å²) in [4.78, 5) is 19.5. The van der Waals surface area contributed by atoms with Crippen molar-refractivity contribution < 1.29 is 9.53 Å². The number of H-pyrrole nitrogens is 1. The predicted molar refractivity (Wildman–Crippen MR) is 101 cm³/mol. The molecule has 0 aliphatic heterocycles. The number of nitrogens with one attached hydrogen (secondary N) is 2. The third kappa shape index (κ3) is 4.45. The molecule has 0 aliphatic carbocycles. The molecular weight excluding hydrogens is 384 g/mol. The number of carbonyl (C=O) groups is 1. The summed E-state index contributed by atoms with van der Waals surface area (Å²) in [5.74, 6) is 1.37. The average Bonchev–Trinajstić information content (AvgIpc) is 3.03. The normalized spacial score (nSPS) is 11.1. The highest BCUT2D eigenvalue weighted by Gasteiger charge is 2.05. The maximum absolute atomic E-state index is 11.9. The third-order valence-corrected chi connectivity index (χ3v) is 4.23. The summed E-state index contributed by atoms with van der Waals surface area (Å²) in [6, 6.07) is 13.3. The van der Waals surface area contributed by atoms with Gasteiger partial charge < -0.3 is 9.72 Å². The number of methoxy groups -OCH3 is 1. The Balaban J connectivity index is 1.51. The van der Waals surface area contributed by atoms with E-state index in [1.54, 1.807) is 13.3 Å². The van der Waals surface area contributed by atoms with E-state index in [-0.39, 0.29) is 5.91 Å². The van der Waals surface area contributed by atoms with Crippen LogP contribution < -0.4 is 10.2 Å². The number of carbonyl (C=O) groups excluding carboxylic acids is 1. The van der Waals surface area contributed by atoms with Crippen molar-refractivity contribution in [3.8, 4) is 5.75 Å². The second-order valence-corrected chi connectivity index (χ2v) is 6.24. The van der Waals surface area contributed by atoms with Crippen LogP contribution in [-0.4, -0.2) is 29.2 Å². The fourth-order valence-corrected chi connectivity index (χ4v) is 2.91. The van der Waals surface area contributed by atoms with Gasteiger partial charge in [0.05, 0.1) is 28.8 Å². The Labute approximate surface area is 153 Å². The van der Waals surface area contributed by atoms with Crippen molar-refractivity contribution in [3.05, 3.63) is 58.3 Å². The maximum atomic E-state index is 11.9. The van der Waals surface area contributed by atoms with Crippen LogP contribution in [-0.2, 0) is 11.2 Å². The molecule has 25 heavy (non-hydrogen) atoms. The first-order chi connectivity index (χ1) is 12.2. The van der Waals surface area contributed by atoms with Gasteiger partial charge in [0.2, 0.25) is 5.91 Å². The van der Waals surface area contributed by atoms with Crippen molar-refractivity contribution >= 4 is 39.1 Å². The summed E-state index contributed by atoms with van der Waals surface area (Å²) in [5.41, 5.74) is 5.25. The summed E-state index contributed by atoms with van der Waals surface area (Å²) in [7, 11) is 1.61. The largest absolute Gasteiger partial charge is 0.496 e. The minimum absolute atomic E-state index is 0.163. The molecular formula is C18H17BrN4O2. The van der Waals surface area contributed by atoms with Crippen molar-refractivity contribution in [1.82, 2.24) is 15.4 Å². The molecule has 1 heterocycles. The molecule has 6 nitrogen and oxygen atoms in total. The highest BCUT2D eigenvalue weighted by Crippen LogP contribution is 2.24. The summed E-state index contributed by atoms with van der Waals surface area (Å²) in [6.07, 6.45) is 2.43. The van der Waals surface area contributed by atoms with Crippen molar-refractivity contribution in [2.45, 2.75) is 12.8 Å². The van der Waals surface area contributed by atoms with Crippen LogP contribution in [0, 0.1) is 0 Å². The van der Waals surface area contributed by atoms with Crippen LogP contribution in [0.4, 0.5) is 0 Å². The summed E-state index contributed by atoms with van der Waals surface area (Å²) in [5, 5.41) is 3.98. The quantitative estimate of drug-likeness (QED) is 0.491. The van der Waals surface area contributed by atoms with Crippen molar-refractivity contribution in [1.29, 1.82) is 0 Å². The van der Waals surface area contributed by atoms with Crippen LogP contribution in [0.25, 0.3) is 11.0 Å². The van der Waals surface area contributed by atoms with Crippen molar-refractivity contribution in [2.75, 3.05) is 7.11 Å². The Bertz CT molecular complexity index is 887. The van der Waals surface area contributed by atoms with Crippen LogP contribution in [0.2, 0.25) is 0 Å². The van der Waals surface area contributed by atoms with Crippen molar-refractivity contribution in [2.24, 2.45) is 5.10 Å². The smallest absolute Gasteiger partial charge is 0.240 e. The first-order valence-corrected chi connectivity index (χ1v) is 8.54. The van der Waals surface area contributed by atoms with E-state index < -0.39 is 0 Å². The molecule has 0 spiro atoms. The van der Waals surface area contributed by atoms with E-state index in [4.69, 9.17) is 4.74 Å². The molecule has 0 atom stereocenters. The second kappa shape index (κ2) is 7.94. The minimum atomic E-state index is -0.163. The van der Waals surface area contributed by atoms with Crippen LogP contribution in [0.1, 0.15) is 17.8 Å². The summed E-state index contributed by atoms with van der Waals surface area (Å²) < 4.78 is 6.00. The summed E-state index contributed by atoms with van der Waals surface area (Å²) in [6.45, 7) is 0. The Morgan fingerprint density at radius 1 is 1.36 bits per heavy atom. The lowest BCUT2D eigenvalue weighted by atomic mass is 10.2. The molecule has 7 heteroatoms. The number of para-hydroxylation sites is 2. The predicted octanol–water partition coefficient (Wildman–Crippen LogP) is 3.42. The second-order valence-electron chi connectivity index (χ2n) is 5.39. The average molecular weight is 401 g/mol. The standard InChI is InChI=1S/C18H17BrN4O2/c1-25-16-7-6-12(10-13(16)19)11-20-23-18(24)9-8-17-21-14-4-2-3-5-15(14)22-17/h2-7,10-11H,8-9H2,1H3,(H,21,22)(H,23,24)/b20-11-. The highest BCUT2D eigenvalue weighted by molar-refractivity contribution is 9.10. The number of hydrogen-bond acceptors (Lipinski definition) is 4. The van der Waals surface area contributed by atoms with Gasteiger partial charge in [0.1, 0.15) is 11.6 Å². The molecule has 128 valence electrons. The number of benzene rings is 2. The van der Waals surface area contributed by atoms with E-state index in [2.05, 4.69) is 36.4 Å². The number of imidazole rings is 1. The van der Waals surface area contributed by atoms with E-state index >= 15 is 0 Å². The number of halogens is 1. The molecule has 2 aromatic carbocycles. The first-order valence-electron chi connectivity index (χ1n) is 7.75. The van der Waals surface area contributed by atoms with Crippen LogP contribution in [0.15, 0.2) is 52.0 Å². The number of amides is 1. The Morgan fingerprint density at radius 3 is 2.96 bits per heavy atom. The van der Waals surface area contributed by atoms with E-state index in [0.717, 1.165) is 32.6 Å². The molecule has 3 rings (SSSR count). The van der Waals surface area contributed by atoms with E-state index in [1.807, 2.05) is 42.5 Å². The number of aromatic amines is 1. The van der Waals surface area contributed by atoms with Gasteiger partial charge in [0.15, 0.2) is 0 Å². The number of aromatic nitrogens is 2. The topological polar surface area (TPSA) is 79.4 Å².